The summed E-state index contributed by atoms with van der Waals surface area (Å²) in [6.45, 7) is 7.51. The van der Waals surface area contributed by atoms with Crippen LogP contribution in [0.5, 0.6) is 0 Å². The number of hydrogen-bond donors (Lipinski definition) is 6. The third-order valence-corrected chi connectivity index (χ3v) is 6.26. The van der Waals surface area contributed by atoms with Gasteiger partial charge in [-0.25, -0.2) is 9.59 Å². The summed E-state index contributed by atoms with van der Waals surface area (Å²) in [5.74, 6) is -3.51. The summed E-state index contributed by atoms with van der Waals surface area (Å²) in [7, 11) is 1.09. The number of ether oxygens (including phenoxy) is 2. The molecular weight excluding hydrogens is 588 g/mol. The Hall–Kier alpha value is -4.63. The van der Waals surface area contributed by atoms with E-state index in [0.29, 0.717) is 11.1 Å². The van der Waals surface area contributed by atoms with E-state index in [9.17, 15) is 34.2 Å². The number of carbonyl (C=O) groups is 5. The molecule has 0 aliphatic heterocycles. The molecule has 2 aromatic rings. The summed E-state index contributed by atoms with van der Waals surface area (Å²) >= 11 is 0. The molecule has 0 fully saturated rings. The maximum Gasteiger partial charge on any atom is 0.408 e. The van der Waals surface area contributed by atoms with E-state index in [4.69, 9.17) is 4.74 Å². The van der Waals surface area contributed by atoms with Crippen LogP contribution >= 0.6 is 0 Å². The molecule has 0 spiro atoms. The second kappa shape index (κ2) is 17.0. The lowest BCUT2D eigenvalue weighted by atomic mass is 10.0. The molecule has 0 radical (unpaired) electrons. The minimum atomic E-state index is -1.58. The van der Waals surface area contributed by atoms with Crippen LogP contribution in [0.3, 0.4) is 0 Å². The van der Waals surface area contributed by atoms with Crippen LogP contribution in [0.15, 0.2) is 49.1 Å². The second-order valence-corrected chi connectivity index (χ2v) is 11.4. The molecule has 6 N–H and O–H groups in total. The lowest BCUT2D eigenvalue weighted by Gasteiger charge is -2.28. The van der Waals surface area contributed by atoms with Crippen LogP contribution in [0.2, 0.25) is 0 Å². The number of aromatic nitrogens is 2. The Kier molecular flexibility index (Phi) is 13.8. The minimum Gasteiger partial charge on any atom is -0.467 e. The van der Waals surface area contributed by atoms with Gasteiger partial charge in [0.05, 0.1) is 19.3 Å². The van der Waals surface area contributed by atoms with Gasteiger partial charge in [0.25, 0.3) is 0 Å². The van der Waals surface area contributed by atoms with E-state index in [2.05, 4.69) is 36.0 Å². The average Bonchev–Trinajstić information content (AvgIpc) is 2.97. The zero-order valence-electron chi connectivity index (χ0n) is 26.1. The first-order chi connectivity index (χ1) is 21.1. The number of carbonyl (C=O) groups excluding carboxylic acids is 5. The van der Waals surface area contributed by atoms with Gasteiger partial charge in [-0.05, 0) is 57.9 Å². The summed E-state index contributed by atoms with van der Waals surface area (Å²) in [5.41, 5.74) is 0.282. The smallest absolute Gasteiger partial charge is 0.408 e. The number of rotatable bonds is 14. The molecule has 15 nitrogen and oxygen atoms in total. The molecule has 2 aromatic heterocycles. The maximum absolute atomic E-state index is 13.5. The van der Waals surface area contributed by atoms with Crippen molar-refractivity contribution in [2.75, 3.05) is 7.11 Å². The standard InChI is InChI=1S/C30H42N6O9/c1-17(37)23(35-26(40)22(14-20-10-8-12-32-16-20)34-29(43)45-30(3,4)5)27(41)33-21(13-19-9-7-11-31-15-19)25(39)36-24(18(2)38)28(42)44-6/h7-12,15-18,21-24,37-38H,13-14H2,1-6H3,(H,33,41)(H,34,43)(H,35,40)(H,36,39)/t17-,18-,21+,22+,23+,24+/m1/s1. The lowest BCUT2D eigenvalue weighted by Crippen LogP contribution is -2.61. The molecule has 246 valence electrons. The van der Waals surface area contributed by atoms with Crippen molar-refractivity contribution < 1.29 is 43.7 Å². The van der Waals surface area contributed by atoms with Crippen molar-refractivity contribution in [2.45, 2.75) is 89.4 Å². The number of hydrogen-bond acceptors (Lipinski definition) is 11. The summed E-state index contributed by atoms with van der Waals surface area (Å²) < 4.78 is 9.94. The fourth-order valence-electron chi connectivity index (χ4n) is 4.06. The van der Waals surface area contributed by atoms with Gasteiger partial charge in [-0.2, -0.15) is 0 Å². The van der Waals surface area contributed by atoms with Gasteiger partial charge in [-0.3, -0.25) is 24.4 Å². The molecule has 0 saturated heterocycles. The van der Waals surface area contributed by atoms with Crippen LogP contribution in [-0.4, -0.2) is 99.1 Å². The molecule has 0 bridgehead atoms. The van der Waals surface area contributed by atoms with E-state index < -0.39 is 71.8 Å². The first-order valence-corrected chi connectivity index (χ1v) is 14.2. The van der Waals surface area contributed by atoms with Gasteiger partial charge in [0.1, 0.15) is 23.7 Å². The molecule has 45 heavy (non-hydrogen) atoms. The Morgan fingerprint density at radius 2 is 1.22 bits per heavy atom. The summed E-state index contributed by atoms with van der Waals surface area (Å²) in [5, 5.41) is 30.3. The minimum absolute atomic E-state index is 0.0205. The molecule has 6 atom stereocenters. The fourth-order valence-corrected chi connectivity index (χ4v) is 4.06. The highest BCUT2D eigenvalue weighted by molar-refractivity contribution is 5.95. The van der Waals surface area contributed by atoms with Gasteiger partial charge >= 0.3 is 12.1 Å². The zero-order valence-corrected chi connectivity index (χ0v) is 26.1. The Balaban J connectivity index is 2.31. The van der Waals surface area contributed by atoms with Crippen molar-refractivity contribution in [1.29, 1.82) is 0 Å². The monoisotopic (exact) mass is 630 g/mol. The van der Waals surface area contributed by atoms with E-state index in [1.54, 1.807) is 51.2 Å². The van der Waals surface area contributed by atoms with E-state index in [1.807, 2.05) is 0 Å². The fraction of sp³-hybridized carbons (Fsp3) is 0.500. The van der Waals surface area contributed by atoms with Crippen molar-refractivity contribution in [1.82, 2.24) is 31.2 Å². The molecule has 0 aromatic carbocycles. The number of aliphatic hydroxyl groups is 2. The van der Waals surface area contributed by atoms with E-state index in [1.165, 1.54) is 32.4 Å². The third kappa shape index (κ3) is 12.5. The number of methoxy groups -OCH3 is 1. The number of amides is 4. The molecule has 0 aliphatic rings. The molecule has 0 saturated carbocycles. The first kappa shape index (κ1) is 36.6. The van der Waals surface area contributed by atoms with Crippen molar-refractivity contribution in [3.8, 4) is 0 Å². The van der Waals surface area contributed by atoms with Gasteiger partial charge in [-0.1, -0.05) is 12.1 Å². The van der Waals surface area contributed by atoms with Crippen LogP contribution in [0.4, 0.5) is 4.79 Å². The van der Waals surface area contributed by atoms with Crippen LogP contribution in [0.1, 0.15) is 45.7 Å². The molecule has 4 amide bonds. The van der Waals surface area contributed by atoms with Crippen LogP contribution in [0, 0.1) is 0 Å². The predicted octanol–water partition coefficient (Wildman–Crippen LogP) is -0.456. The molecule has 0 aliphatic carbocycles. The Bertz CT molecular complexity index is 1290. The Morgan fingerprint density at radius 3 is 1.62 bits per heavy atom. The van der Waals surface area contributed by atoms with E-state index >= 15 is 0 Å². The highest BCUT2D eigenvalue weighted by Gasteiger charge is 2.35. The van der Waals surface area contributed by atoms with Crippen LogP contribution in [-0.2, 0) is 41.5 Å². The van der Waals surface area contributed by atoms with Crippen molar-refractivity contribution in [3.63, 3.8) is 0 Å². The summed E-state index contributed by atoms with van der Waals surface area (Å²) in [6, 6.07) is 1.04. The Labute approximate surface area is 261 Å². The largest absolute Gasteiger partial charge is 0.467 e. The normalized spacial score (nSPS) is 15.2. The van der Waals surface area contributed by atoms with Crippen molar-refractivity contribution >= 4 is 29.8 Å². The lowest BCUT2D eigenvalue weighted by molar-refractivity contribution is -0.148. The van der Waals surface area contributed by atoms with Crippen molar-refractivity contribution in [2.24, 2.45) is 0 Å². The number of alkyl carbamates (subject to hydrolysis) is 1. The third-order valence-electron chi connectivity index (χ3n) is 6.26. The number of aliphatic hydroxyl groups excluding tert-OH is 2. The second-order valence-electron chi connectivity index (χ2n) is 11.4. The number of nitrogens with zero attached hydrogens (tertiary/aromatic N) is 2. The molecule has 2 rings (SSSR count). The SMILES string of the molecule is COC(=O)[C@@H](NC(=O)[C@H](Cc1cccnc1)NC(=O)[C@@H](NC(=O)[C@H](Cc1cccnc1)NC(=O)OC(C)(C)C)[C@@H](C)O)[C@@H](C)O. The van der Waals surface area contributed by atoms with Gasteiger partial charge < -0.3 is 41.0 Å². The van der Waals surface area contributed by atoms with Gasteiger partial charge in [0.2, 0.25) is 17.7 Å². The molecular formula is C30H42N6O9. The molecule has 2 heterocycles. The van der Waals surface area contributed by atoms with Crippen LogP contribution < -0.4 is 21.3 Å². The summed E-state index contributed by atoms with van der Waals surface area (Å²) in [6.07, 6.45) is 2.27. The quantitative estimate of drug-likeness (QED) is 0.147. The number of nitrogens with one attached hydrogen (secondary N) is 4. The molecule has 0 unspecified atom stereocenters. The van der Waals surface area contributed by atoms with Gasteiger partial charge in [0, 0.05) is 37.6 Å². The van der Waals surface area contributed by atoms with Gasteiger partial charge in [-0.15, -0.1) is 0 Å². The topological polar surface area (TPSA) is 218 Å². The molecule has 15 heteroatoms. The van der Waals surface area contributed by atoms with Gasteiger partial charge in [0.15, 0.2) is 6.04 Å². The van der Waals surface area contributed by atoms with Crippen molar-refractivity contribution in [3.05, 3.63) is 60.2 Å². The Morgan fingerprint density at radius 1 is 0.756 bits per heavy atom. The highest BCUT2D eigenvalue weighted by Crippen LogP contribution is 2.10. The van der Waals surface area contributed by atoms with E-state index in [0.717, 1.165) is 7.11 Å². The maximum atomic E-state index is 13.5. The van der Waals surface area contributed by atoms with E-state index in [-0.39, 0.29) is 12.8 Å². The first-order valence-electron chi connectivity index (χ1n) is 14.2. The number of esters is 1. The predicted molar refractivity (Wildman–Crippen MR) is 160 cm³/mol. The average molecular weight is 631 g/mol. The number of pyridine rings is 2. The summed E-state index contributed by atoms with van der Waals surface area (Å²) in [4.78, 5) is 72.9. The zero-order chi connectivity index (χ0) is 33.7. The highest BCUT2D eigenvalue weighted by atomic mass is 16.6. The van der Waals surface area contributed by atoms with Crippen LogP contribution in [0.25, 0.3) is 0 Å².